The molecule has 1 aliphatic rings. The molecule has 1 amide bonds. The third-order valence-electron chi connectivity index (χ3n) is 4.79. The van der Waals surface area contributed by atoms with Crippen LogP contribution in [0.3, 0.4) is 0 Å². The highest BCUT2D eigenvalue weighted by molar-refractivity contribution is 7.94. The highest BCUT2D eigenvalue weighted by Gasteiger charge is 2.37. The van der Waals surface area contributed by atoms with Crippen LogP contribution in [0, 0.1) is 0 Å². The molecular formula is C19H20N4O4S. The third kappa shape index (κ3) is 2.93. The Kier molecular flexibility index (Phi) is 4.38. The van der Waals surface area contributed by atoms with Gasteiger partial charge in [0.25, 0.3) is 5.91 Å². The first kappa shape index (κ1) is 18.2. The van der Waals surface area contributed by atoms with Crippen molar-refractivity contribution >= 4 is 38.4 Å². The Hall–Kier alpha value is -3.20. The van der Waals surface area contributed by atoms with E-state index in [9.17, 15) is 13.2 Å². The molecular weight excluding hydrogens is 380 g/mol. The summed E-state index contributed by atoms with van der Waals surface area (Å²) in [6, 6.07) is 14.3. The van der Waals surface area contributed by atoms with Crippen LogP contribution in [0.1, 0.15) is 10.5 Å². The fourth-order valence-corrected chi connectivity index (χ4v) is 4.72. The normalized spacial score (nSPS) is 14.9. The second kappa shape index (κ2) is 6.75. The van der Waals surface area contributed by atoms with Crippen molar-refractivity contribution in [1.82, 2.24) is 10.3 Å². The number of hydrogen-bond donors (Lipinski definition) is 2. The Bertz CT molecular complexity index is 1160. The number of nitrogens with zero attached hydrogens (tertiary/aromatic N) is 2. The number of carbonyl (C=O) groups excluding carboxylic acids is 1. The fraction of sp³-hybridized carbons (Fsp3) is 0.211. The first-order valence-electron chi connectivity index (χ1n) is 8.72. The first-order valence-corrected chi connectivity index (χ1v) is 10.1. The van der Waals surface area contributed by atoms with Crippen molar-refractivity contribution in [1.29, 1.82) is 0 Å². The first-order chi connectivity index (χ1) is 13.4. The number of aromatic amines is 1. The summed E-state index contributed by atoms with van der Waals surface area (Å²) >= 11 is 0. The summed E-state index contributed by atoms with van der Waals surface area (Å²) in [4.78, 5) is 15.5. The van der Waals surface area contributed by atoms with Crippen molar-refractivity contribution in [2.45, 2.75) is 0 Å². The molecule has 3 aromatic rings. The number of H-pyrrole nitrogens is 1. The van der Waals surface area contributed by atoms with Gasteiger partial charge in [-0.05, 0) is 30.3 Å². The Morgan fingerprint density at radius 2 is 1.89 bits per heavy atom. The van der Waals surface area contributed by atoms with Crippen LogP contribution in [0.2, 0.25) is 0 Å². The van der Waals surface area contributed by atoms with Crippen LogP contribution in [0.5, 0.6) is 5.75 Å². The number of carbonyl (C=O) groups is 1. The van der Waals surface area contributed by atoms with E-state index >= 15 is 0 Å². The minimum absolute atomic E-state index is 0.142. The second-order valence-electron chi connectivity index (χ2n) is 6.43. The molecule has 0 aliphatic carbocycles. The molecule has 28 heavy (non-hydrogen) atoms. The number of ether oxygens (including phenoxy) is 1. The lowest BCUT2D eigenvalue weighted by Crippen LogP contribution is -2.40. The van der Waals surface area contributed by atoms with Crippen LogP contribution in [-0.4, -0.2) is 46.6 Å². The summed E-state index contributed by atoms with van der Waals surface area (Å²) in [5.41, 5.74) is 2.43. The van der Waals surface area contributed by atoms with Crippen LogP contribution in [0.15, 0.2) is 48.5 Å². The van der Waals surface area contributed by atoms with E-state index in [1.54, 1.807) is 37.4 Å². The lowest BCUT2D eigenvalue weighted by atomic mass is 10.2. The standard InChI is InChI=1S/C19H20N4O4S/c1-22-17-5-3-4-6-18(17)23(28(22,25)26)10-9-20-19(24)16-11-13-7-8-14(27-2)12-15(13)21-16/h3-8,11-12,21H,9-10H2,1-2H3,(H,20,24). The predicted octanol–water partition coefficient (Wildman–Crippen LogP) is 2.11. The largest absolute Gasteiger partial charge is 0.497 e. The smallest absolute Gasteiger partial charge is 0.326 e. The average Bonchev–Trinajstić information content (AvgIpc) is 3.20. The van der Waals surface area contributed by atoms with Gasteiger partial charge in [-0.1, -0.05) is 12.1 Å². The molecule has 4 rings (SSSR count). The SMILES string of the molecule is COc1ccc2cc(C(=O)NCCN3c4ccccc4N(C)S3(=O)=O)[nH]c2c1. The Morgan fingerprint density at radius 3 is 2.64 bits per heavy atom. The number of para-hydroxylation sites is 2. The van der Waals surface area contributed by atoms with E-state index in [1.165, 1.54) is 15.7 Å². The minimum Gasteiger partial charge on any atom is -0.497 e. The average molecular weight is 400 g/mol. The molecule has 1 aromatic heterocycles. The molecule has 0 radical (unpaired) electrons. The molecule has 2 N–H and O–H groups in total. The van der Waals surface area contributed by atoms with Gasteiger partial charge in [-0.15, -0.1) is 0 Å². The zero-order valence-electron chi connectivity index (χ0n) is 15.5. The van der Waals surface area contributed by atoms with Crippen molar-refractivity contribution in [2.24, 2.45) is 0 Å². The summed E-state index contributed by atoms with van der Waals surface area (Å²) in [6.45, 7) is 0.322. The molecule has 2 heterocycles. The van der Waals surface area contributed by atoms with Crippen LogP contribution >= 0.6 is 0 Å². The Morgan fingerprint density at radius 1 is 1.14 bits per heavy atom. The maximum absolute atomic E-state index is 12.6. The number of benzene rings is 2. The second-order valence-corrected chi connectivity index (χ2v) is 8.31. The highest BCUT2D eigenvalue weighted by atomic mass is 32.2. The van der Waals surface area contributed by atoms with Gasteiger partial charge in [0.1, 0.15) is 11.4 Å². The topological polar surface area (TPSA) is 94.7 Å². The van der Waals surface area contributed by atoms with Crippen molar-refractivity contribution in [2.75, 3.05) is 35.9 Å². The summed E-state index contributed by atoms with van der Waals surface area (Å²) < 4.78 is 32.9. The van der Waals surface area contributed by atoms with Gasteiger partial charge in [-0.3, -0.25) is 9.10 Å². The lowest BCUT2D eigenvalue weighted by Gasteiger charge is -2.19. The summed E-state index contributed by atoms with van der Waals surface area (Å²) in [5, 5.41) is 3.67. The van der Waals surface area contributed by atoms with E-state index in [0.29, 0.717) is 22.8 Å². The zero-order valence-corrected chi connectivity index (χ0v) is 16.3. The third-order valence-corrected chi connectivity index (χ3v) is 6.61. The molecule has 0 unspecified atom stereocenters. The number of rotatable bonds is 5. The van der Waals surface area contributed by atoms with Gasteiger partial charge in [0.15, 0.2) is 0 Å². The summed E-state index contributed by atoms with van der Waals surface area (Å²) in [5.74, 6) is 0.400. The number of methoxy groups -OCH3 is 1. The molecule has 8 nitrogen and oxygen atoms in total. The highest BCUT2D eigenvalue weighted by Crippen LogP contribution is 2.38. The van der Waals surface area contributed by atoms with Crippen LogP contribution in [-0.2, 0) is 10.2 Å². The molecule has 1 aliphatic heterocycles. The number of nitrogens with one attached hydrogen (secondary N) is 2. The van der Waals surface area contributed by atoms with Gasteiger partial charge in [0.05, 0.1) is 25.0 Å². The van der Waals surface area contributed by atoms with Crippen LogP contribution in [0.4, 0.5) is 11.4 Å². The van der Waals surface area contributed by atoms with Crippen LogP contribution < -0.4 is 18.7 Å². The minimum atomic E-state index is -3.62. The van der Waals surface area contributed by atoms with Crippen molar-refractivity contribution in [3.63, 3.8) is 0 Å². The van der Waals surface area contributed by atoms with E-state index in [-0.39, 0.29) is 19.0 Å². The van der Waals surface area contributed by atoms with E-state index < -0.39 is 10.2 Å². The van der Waals surface area contributed by atoms with E-state index in [0.717, 1.165) is 10.9 Å². The van der Waals surface area contributed by atoms with Gasteiger partial charge < -0.3 is 15.0 Å². The van der Waals surface area contributed by atoms with E-state index in [1.807, 2.05) is 18.2 Å². The lowest BCUT2D eigenvalue weighted by molar-refractivity contribution is 0.0950. The van der Waals surface area contributed by atoms with E-state index in [4.69, 9.17) is 4.74 Å². The number of fused-ring (bicyclic) bond motifs is 2. The number of anilines is 2. The van der Waals surface area contributed by atoms with Crippen molar-refractivity contribution in [3.05, 3.63) is 54.2 Å². The Balaban J connectivity index is 1.46. The van der Waals surface area contributed by atoms with Crippen molar-refractivity contribution < 1.29 is 17.9 Å². The molecule has 0 spiro atoms. The molecule has 0 saturated heterocycles. The van der Waals surface area contributed by atoms with Gasteiger partial charge in [-0.2, -0.15) is 8.42 Å². The molecule has 0 atom stereocenters. The van der Waals surface area contributed by atoms with Gasteiger partial charge >= 0.3 is 10.2 Å². The monoisotopic (exact) mass is 400 g/mol. The maximum atomic E-state index is 12.6. The maximum Gasteiger partial charge on any atom is 0.326 e. The summed E-state index contributed by atoms with van der Waals surface area (Å²) in [6.07, 6.45) is 0. The molecule has 0 bridgehead atoms. The predicted molar refractivity (Wildman–Crippen MR) is 108 cm³/mol. The quantitative estimate of drug-likeness (QED) is 0.686. The van der Waals surface area contributed by atoms with Gasteiger partial charge in [-0.25, -0.2) is 4.31 Å². The number of aromatic nitrogens is 1. The van der Waals surface area contributed by atoms with Crippen LogP contribution in [0.25, 0.3) is 10.9 Å². The summed E-state index contributed by atoms with van der Waals surface area (Å²) in [7, 11) is -0.520. The van der Waals surface area contributed by atoms with Crippen molar-refractivity contribution in [3.8, 4) is 5.75 Å². The van der Waals surface area contributed by atoms with E-state index in [2.05, 4.69) is 10.3 Å². The molecule has 2 aromatic carbocycles. The Labute approximate surface area is 162 Å². The number of amides is 1. The molecule has 0 fully saturated rings. The molecule has 0 saturated carbocycles. The zero-order chi connectivity index (χ0) is 19.9. The molecule has 9 heteroatoms. The van der Waals surface area contributed by atoms with Gasteiger partial charge in [0, 0.05) is 30.6 Å². The van der Waals surface area contributed by atoms with Gasteiger partial charge in [0.2, 0.25) is 0 Å². The fourth-order valence-electron chi connectivity index (χ4n) is 3.30. The number of hydrogen-bond acceptors (Lipinski definition) is 4. The molecule has 146 valence electrons.